The summed E-state index contributed by atoms with van der Waals surface area (Å²) in [5.74, 6) is 7.28. The number of hydrogen-bond acceptors (Lipinski definition) is 1. The normalized spacial score (nSPS) is 11.4. The monoisotopic (exact) mass is 349 g/mol. The van der Waals surface area contributed by atoms with Crippen molar-refractivity contribution >= 4 is 17.7 Å². The summed E-state index contributed by atoms with van der Waals surface area (Å²) in [4.78, 5) is 4.40. The molecule has 0 aliphatic heterocycles. The molecule has 0 saturated heterocycles. The minimum atomic E-state index is -1.71. The van der Waals surface area contributed by atoms with E-state index in [4.69, 9.17) is 0 Å². The Balaban J connectivity index is 1.87. The van der Waals surface area contributed by atoms with Crippen molar-refractivity contribution in [1.29, 1.82) is 0 Å². The van der Waals surface area contributed by atoms with Gasteiger partial charge in [0.1, 0.15) is 0 Å². The molecule has 0 aliphatic carbocycles. The third kappa shape index (κ3) is 3.30. The van der Waals surface area contributed by atoms with Gasteiger partial charge in [0, 0.05) is 0 Å². The van der Waals surface area contributed by atoms with Crippen LogP contribution in [-0.2, 0) is 0 Å². The van der Waals surface area contributed by atoms with Crippen LogP contribution in [0, 0.1) is 0 Å². The van der Waals surface area contributed by atoms with Gasteiger partial charge in [0.05, 0.1) is 0 Å². The first-order valence-corrected chi connectivity index (χ1v) is 15.0. The summed E-state index contributed by atoms with van der Waals surface area (Å²) in [5, 5.41) is 0. The molecule has 1 aromatic heterocycles. The van der Waals surface area contributed by atoms with Crippen molar-refractivity contribution in [2.75, 3.05) is 0 Å². The molecule has 0 fully saturated rings. The zero-order valence-corrected chi connectivity index (χ0v) is 15.5. The second-order valence-corrected chi connectivity index (χ2v) is 17.3. The number of aromatic nitrogens is 1. The molecule has 2 heteroatoms. The van der Waals surface area contributed by atoms with Crippen molar-refractivity contribution in [3.63, 3.8) is 0 Å². The van der Waals surface area contributed by atoms with E-state index >= 15 is 0 Å². The van der Waals surface area contributed by atoms with Gasteiger partial charge in [-0.15, -0.1) is 0 Å². The fraction of sp³-hybridized carbons (Fsp3) is 0.150. The summed E-state index contributed by atoms with van der Waals surface area (Å²) in [6, 6.07) is 23.8. The Morgan fingerprint density at radius 1 is 0.636 bits per heavy atom. The minimum absolute atomic E-state index is 1.02. The molecule has 3 rings (SSSR count). The van der Waals surface area contributed by atoms with Crippen molar-refractivity contribution in [3.05, 3.63) is 72.9 Å². The van der Waals surface area contributed by atoms with E-state index in [1.54, 1.807) is 4.40 Å². The van der Waals surface area contributed by atoms with Crippen LogP contribution in [0.4, 0.5) is 0 Å². The van der Waals surface area contributed by atoms with Crippen LogP contribution in [-0.4, -0.2) is 18.3 Å². The van der Waals surface area contributed by atoms with E-state index in [1.807, 2.05) is 24.4 Å². The van der Waals surface area contributed by atoms with Crippen LogP contribution in [0.5, 0.6) is 0 Å². The molecule has 0 atom stereocenters. The summed E-state index contributed by atoms with van der Waals surface area (Å²) >= 11 is -1.71. The van der Waals surface area contributed by atoms with Gasteiger partial charge in [0.2, 0.25) is 0 Å². The zero-order chi connectivity index (χ0) is 15.6. The van der Waals surface area contributed by atoms with E-state index in [2.05, 4.69) is 70.8 Å². The molecule has 1 nitrogen and oxygen atoms in total. The van der Waals surface area contributed by atoms with Gasteiger partial charge in [-0.3, -0.25) is 0 Å². The van der Waals surface area contributed by atoms with Gasteiger partial charge in [-0.05, 0) is 0 Å². The van der Waals surface area contributed by atoms with Crippen molar-refractivity contribution in [3.8, 4) is 22.4 Å². The van der Waals surface area contributed by atoms with Gasteiger partial charge in [0.25, 0.3) is 0 Å². The average molecular weight is 348 g/mol. The number of hydrogen-bond donors (Lipinski definition) is 0. The SMILES string of the molecule is [CH3][Ge]([CH3])([CH3])[c]1ccc(-c2ccc(-c3ccccn3)cc2)cc1. The van der Waals surface area contributed by atoms with Crippen LogP contribution in [0.25, 0.3) is 22.4 Å². The Hall–Kier alpha value is -1.87. The van der Waals surface area contributed by atoms with E-state index in [0.29, 0.717) is 0 Å². The molecular weight excluding hydrogens is 327 g/mol. The van der Waals surface area contributed by atoms with Crippen molar-refractivity contribution < 1.29 is 0 Å². The van der Waals surface area contributed by atoms with E-state index in [1.165, 1.54) is 11.1 Å². The Labute approximate surface area is 135 Å². The van der Waals surface area contributed by atoms with Gasteiger partial charge in [-0.1, -0.05) is 0 Å². The van der Waals surface area contributed by atoms with Crippen molar-refractivity contribution in [1.82, 2.24) is 4.98 Å². The van der Waals surface area contributed by atoms with Crippen LogP contribution in [0.3, 0.4) is 0 Å². The van der Waals surface area contributed by atoms with Crippen LogP contribution >= 0.6 is 0 Å². The number of rotatable bonds is 3. The molecule has 0 spiro atoms. The summed E-state index contributed by atoms with van der Waals surface area (Å²) in [5.41, 5.74) is 4.71. The second-order valence-electron chi connectivity index (χ2n) is 6.62. The van der Waals surface area contributed by atoms with Gasteiger partial charge < -0.3 is 0 Å². The van der Waals surface area contributed by atoms with Gasteiger partial charge in [0.15, 0.2) is 0 Å². The molecule has 0 saturated carbocycles. The quantitative estimate of drug-likeness (QED) is 0.610. The van der Waals surface area contributed by atoms with Crippen LogP contribution in [0.15, 0.2) is 72.9 Å². The average Bonchev–Trinajstić information content (AvgIpc) is 2.55. The first kappa shape index (κ1) is 15.0. The molecule has 0 N–H and O–H groups in total. The molecule has 22 heavy (non-hydrogen) atoms. The predicted octanol–water partition coefficient (Wildman–Crippen LogP) is 4.96. The molecule has 1 heterocycles. The molecular formula is C20H21GeN. The van der Waals surface area contributed by atoms with Gasteiger partial charge in [-0.2, -0.15) is 0 Å². The standard InChI is InChI=1S/C20H21GeN/c1-21(2,3)19-13-11-17(12-14-19)16-7-9-18(10-8-16)20-6-4-5-15-22-20/h4-15H,1-3H3. The fourth-order valence-electron chi connectivity index (χ4n) is 2.53. The maximum absolute atomic E-state index is 4.40. The maximum atomic E-state index is 4.40. The molecule has 0 bridgehead atoms. The summed E-state index contributed by atoms with van der Waals surface area (Å²) in [6.07, 6.45) is 1.83. The van der Waals surface area contributed by atoms with E-state index < -0.39 is 13.3 Å². The van der Waals surface area contributed by atoms with Gasteiger partial charge in [-0.25, -0.2) is 0 Å². The number of nitrogens with zero attached hydrogens (tertiary/aromatic N) is 1. The molecule has 0 amide bonds. The van der Waals surface area contributed by atoms with Crippen molar-refractivity contribution in [2.24, 2.45) is 0 Å². The van der Waals surface area contributed by atoms with Gasteiger partial charge >= 0.3 is 135 Å². The first-order chi connectivity index (χ1) is 10.5. The molecule has 2 aromatic carbocycles. The molecule has 110 valence electrons. The molecule has 0 aliphatic rings. The second kappa shape index (κ2) is 6.09. The van der Waals surface area contributed by atoms with E-state index in [0.717, 1.165) is 11.3 Å². The summed E-state index contributed by atoms with van der Waals surface area (Å²) in [6.45, 7) is 0. The Morgan fingerprint density at radius 2 is 1.18 bits per heavy atom. The summed E-state index contributed by atoms with van der Waals surface area (Å²) < 4.78 is 1.55. The number of pyridine rings is 1. The molecule has 0 unspecified atom stereocenters. The molecule has 0 radical (unpaired) electrons. The third-order valence-electron chi connectivity index (χ3n) is 3.93. The first-order valence-electron chi connectivity index (χ1n) is 7.66. The number of benzene rings is 2. The van der Waals surface area contributed by atoms with Crippen LogP contribution < -0.4 is 4.40 Å². The Bertz CT molecular complexity index is 738. The predicted molar refractivity (Wildman–Crippen MR) is 98.1 cm³/mol. The van der Waals surface area contributed by atoms with Crippen molar-refractivity contribution in [2.45, 2.75) is 17.3 Å². The van der Waals surface area contributed by atoms with Crippen LogP contribution in [0.2, 0.25) is 17.3 Å². The van der Waals surface area contributed by atoms with E-state index in [9.17, 15) is 0 Å². The zero-order valence-electron chi connectivity index (χ0n) is 13.4. The Morgan fingerprint density at radius 3 is 1.68 bits per heavy atom. The molecule has 3 aromatic rings. The van der Waals surface area contributed by atoms with Crippen LogP contribution in [0.1, 0.15) is 0 Å². The fourth-order valence-corrected chi connectivity index (χ4v) is 4.98. The van der Waals surface area contributed by atoms with E-state index in [-0.39, 0.29) is 0 Å². The third-order valence-corrected chi connectivity index (χ3v) is 8.26. The topological polar surface area (TPSA) is 12.9 Å². The Kier molecular flexibility index (Phi) is 4.17. The summed E-state index contributed by atoms with van der Waals surface area (Å²) in [7, 11) is 0.